The second-order valence-corrected chi connectivity index (χ2v) is 6.43. The van der Waals surface area contributed by atoms with Gasteiger partial charge in [0.2, 0.25) is 0 Å². The SMILES string of the molecule is COc1ccc(CNC(=O)COC(=O)c2cc3ccccc3s2)cc1. The van der Waals surface area contributed by atoms with E-state index < -0.39 is 5.97 Å². The maximum Gasteiger partial charge on any atom is 0.348 e. The average molecular weight is 355 g/mol. The molecule has 0 saturated heterocycles. The summed E-state index contributed by atoms with van der Waals surface area (Å²) in [5.41, 5.74) is 0.935. The van der Waals surface area contributed by atoms with E-state index in [0.29, 0.717) is 11.4 Å². The number of benzene rings is 2. The lowest BCUT2D eigenvalue weighted by Crippen LogP contribution is -2.28. The zero-order chi connectivity index (χ0) is 17.6. The summed E-state index contributed by atoms with van der Waals surface area (Å²) in [4.78, 5) is 24.4. The van der Waals surface area contributed by atoms with Crippen LogP contribution in [-0.2, 0) is 16.1 Å². The number of amides is 1. The van der Waals surface area contributed by atoms with Crippen LogP contribution in [0.2, 0.25) is 0 Å². The average Bonchev–Trinajstić information content (AvgIpc) is 3.09. The van der Waals surface area contributed by atoms with E-state index in [9.17, 15) is 9.59 Å². The number of thiophene rings is 1. The number of hydrogen-bond acceptors (Lipinski definition) is 5. The predicted molar refractivity (Wildman–Crippen MR) is 96.9 cm³/mol. The van der Waals surface area contributed by atoms with E-state index in [1.54, 1.807) is 13.2 Å². The third-order valence-corrected chi connectivity index (χ3v) is 4.71. The standard InChI is InChI=1S/C19H17NO4S/c1-23-15-8-6-13(7-9-15)11-20-18(21)12-24-19(22)17-10-14-4-2-3-5-16(14)25-17/h2-10H,11-12H2,1H3,(H,20,21). The maximum atomic E-state index is 12.1. The van der Waals surface area contributed by atoms with Crippen molar-refractivity contribution in [2.75, 3.05) is 13.7 Å². The van der Waals surface area contributed by atoms with Gasteiger partial charge in [-0.25, -0.2) is 4.79 Å². The summed E-state index contributed by atoms with van der Waals surface area (Å²) in [7, 11) is 1.60. The van der Waals surface area contributed by atoms with Crippen molar-refractivity contribution in [1.82, 2.24) is 5.32 Å². The van der Waals surface area contributed by atoms with Gasteiger partial charge >= 0.3 is 5.97 Å². The van der Waals surface area contributed by atoms with Crippen molar-refractivity contribution in [3.8, 4) is 5.75 Å². The summed E-state index contributed by atoms with van der Waals surface area (Å²) in [6.07, 6.45) is 0. The van der Waals surface area contributed by atoms with Gasteiger partial charge in [0, 0.05) is 11.2 Å². The van der Waals surface area contributed by atoms with Crippen molar-refractivity contribution in [2.45, 2.75) is 6.54 Å². The molecule has 0 spiro atoms. The Morgan fingerprint density at radius 3 is 2.56 bits per heavy atom. The number of carbonyl (C=O) groups excluding carboxylic acids is 2. The van der Waals surface area contributed by atoms with E-state index in [0.717, 1.165) is 21.4 Å². The van der Waals surface area contributed by atoms with Gasteiger partial charge in [-0.15, -0.1) is 11.3 Å². The maximum absolute atomic E-state index is 12.1. The molecule has 1 heterocycles. The molecule has 5 nitrogen and oxygen atoms in total. The number of carbonyl (C=O) groups is 2. The molecule has 1 N–H and O–H groups in total. The number of esters is 1. The first-order chi connectivity index (χ1) is 12.2. The first kappa shape index (κ1) is 17.0. The highest BCUT2D eigenvalue weighted by Gasteiger charge is 2.13. The summed E-state index contributed by atoms with van der Waals surface area (Å²) >= 11 is 1.35. The first-order valence-corrected chi connectivity index (χ1v) is 8.52. The van der Waals surface area contributed by atoms with Gasteiger partial charge in [0.15, 0.2) is 6.61 Å². The predicted octanol–water partition coefficient (Wildman–Crippen LogP) is 3.38. The van der Waals surface area contributed by atoms with Crippen molar-refractivity contribution in [2.24, 2.45) is 0 Å². The van der Waals surface area contributed by atoms with Crippen molar-refractivity contribution in [1.29, 1.82) is 0 Å². The minimum Gasteiger partial charge on any atom is -0.497 e. The molecule has 0 fully saturated rings. The first-order valence-electron chi connectivity index (χ1n) is 7.71. The molecule has 0 aliphatic heterocycles. The van der Waals surface area contributed by atoms with E-state index in [-0.39, 0.29) is 12.5 Å². The molecule has 3 rings (SSSR count). The van der Waals surface area contributed by atoms with Gasteiger partial charge in [-0.2, -0.15) is 0 Å². The Balaban J connectivity index is 1.48. The van der Waals surface area contributed by atoms with Crippen molar-refractivity contribution < 1.29 is 19.1 Å². The van der Waals surface area contributed by atoms with Gasteiger partial charge in [-0.05, 0) is 35.2 Å². The van der Waals surface area contributed by atoms with Gasteiger partial charge in [0.25, 0.3) is 5.91 Å². The zero-order valence-corrected chi connectivity index (χ0v) is 14.5. The van der Waals surface area contributed by atoms with Crippen LogP contribution in [-0.4, -0.2) is 25.6 Å². The highest BCUT2D eigenvalue weighted by molar-refractivity contribution is 7.20. The summed E-state index contributed by atoms with van der Waals surface area (Å²) < 4.78 is 11.2. The molecule has 0 unspecified atom stereocenters. The van der Waals surface area contributed by atoms with Gasteiger partial charge in [-0.3, -0.25) is 4.79 Å². The van der Waals surface area contributed by atoms with Crippen LogP contribution in [0.4, 0.5) is 0 Å². The number of ether oxygens (including phenoxy) is 2. The zero-order valence-electron chi connectivity index (χ0n) is 13.7. The Kier molecular flexibility index (Phi) is 5.30. The third kappa shape index (κ3) is 4.36. The third-order valence-electron chi connectivity index (χ3n) is 3.61. The topological polar surface area (TPSA) is 64.6 Å². The molecule has 0 bridgehead atoms. The smallest absolute Gasteiger partial charge is 0.348 e. The molecule has 128 valence electrons. The van der Waals surface area contributed by atoms with Gasteiger partial charge in [-0.1, -0.05) is 30.3 Å². The quantitative estimate of drug-likeness (QED) is 0.689. The molecular formula is C19H17NO4S. The van der Waals surface area contributed by atoms with Crippen LogP contribution in [0.15, 0.2) is 54.6 Å². The second-order valence-electron chi connectivity index (χ2n) is 5.35. The monoisotopic (exact) mass is 355 g/mol. The molecule has 3 aromatic rings. The van der Waals surface area contributed by atoms with Gasteiger partial charge in [0.1, 0.15) is 10.6 Å². The Morgan fingerprint density at radius 2 is 1.84 bits per heavy atom. The van der Waals surface area contributed by atoms with Crippen LogP contribution >= 0.6 is 11.3 Å². The number of hydrogen-bond donors (Lipinski definition) is 1. The fourth-order valence-corrected chi connectivity index (χ4v) is 3.24. The number of nitrogens with one attached hydrogen (secondary N) is 1. The van der Waals surface area contributed by atoms with E-state index in [2.05, 4.69) is 5.32 Å². The fourth-order valence-electron chi connectivity index (χ4n) is 2.28. The van der Waals surface area contributed by atoms with Crippen LogP contribution in [0.3, 0.4) is 0 Å². The normalized spacial score (nSPS) is 10.4. The molecule has 0 radical (unpaired) electrons. The van der Waals surface area contributed by atoms with E-state index >= 15 is 0 Å². The lowest BCUT2D eigenvalue weighted by molar-refractivity contribution is -0.124. The molecule has 0 atom stereocenters. The number of fused-ring (bicyclic) bond motifs is 1. The van der Waals surface area contributed by atoms with Crippen molar-refractivity contribution in [3.05, 3.63) is 65.0 Å². The van der Waals surface area contributed by atoms with Gasteiger partial charge < -0.3 is 14.8 Å². The second kappa shape index (κ2) is 7.81. The Morgan fingerprint density at radius 1 is 1.08 bits per heavy atom. The molecule has 6 heteroatoms. The lowest BCUT2D eigenvalue weighted by Gasteiger charge is -2.07. The van der Waals surface area contributed by atoms with Gasteiger partial charge in [0.05, 0.1) is 7.11 Å². The van der Waals surface area contributed by atoms with Crippen molar-refractivity contribution >= 4 is 33.3 Å². The molecule has 0 aliphatic carbocycles. The minimum atomic E-state index is -0.485. The Hall–Kier alpha value is -2.86. The molecule has 25 heavy (non-hydrogen) atoms. The number of methoxy groups -OCH3 is 1. The van der Waals surface area contributed by atoms with E-state index in [1.165, 1.54) is 11.3 Å². The molecule has 0 saturated carbocycles. The Bertz CT molecular complexity index is 853. The molecule has 0 aliphatic rings. The number of rotatable bonds is 6. The molecular weight excluding hydrogens is 338 g/mol. The minimum absolute atomic E-state index is 0.302. The van der Waals surface area contributed by atoms with Crippen LogP contribution in [0.25, 0.3) is 10.1 Å². The highest BCUT2D eigenvalue weighted by Crippen LogP contribution is 2.25. The summed E-state index contributed by atoms with van der Waals surface area (Å²) in [5, 5.41) is 3.71. The van der Waals surface area contributed by atoms with E-state index in [1.807, 2.05) is 48.5 Å². The highest BCUT2D eigenvalue weighted by atomic mass is 32.1. The molecule has 1 amide bonds. The fraction of sp³-hybridized carbons (Fsp3) is 0.158. The van der Waals surface area contributed by atoms with Crippen LogP contribution in [0.1, 0.15) is 15.2 Å². The largest absolute Gasteiger partial charge is 0.497 e. The van der Waals surface area contributed by atoms with Crippen LogP contribution < -0.4 is 10.1 Å². The summed E-state index contributed by atoms with van der Waals surface area (Å²) in [6.45, 7) is 0.0620. The summed E-state index contributed by atoms with van der Waals surface area (Å²) in [6, 6.07) is 16.9. The van der Waals surface area contributed by atoms with E-state index in [4.69, 9.17) is 9.47 Å². The van der Waals surface area contributed by atoms with Crippen LogP contribution in [0, 0.1) is 0 Å². The lowest BCUT2D eigenvalue weighted by atomic mass is 10.2. The van der Waals surface area contributed by atoms with Crippen molar-refractivity contribution in [3.63, 3.8) is 0 Å². The Labute approximate surface area is 149 Å². The van der Waals surface area contributed by atoms with Crippen LogP contribution in [0.5, 0.6) is 5.75 Å². The molecule has 2 aromatic carbocycles. The molecule has 1 aromatic heterocycles. The summed E-state index contributed by atoms with van der Waals surface area (Å²) in [5.74, 6) is -0.0709.